The minimum Gasteiger partial charge on any atom is -0.494 e. The van der Waals surface area contributed by atoms with Crippen LogP contribution >= 0.6 is 0 Å². The Labute approximate surface area is 272 Å². The molecular weight excluding hydrogens is 646 g/mol. The Bertz CT molecular complexity index is 1740. The smallest absolute Gasteiger partial charge is 0.406 e. The number of rotatable bonds is 8. The van der Waals surface area contributed by atoms with Gasteiger partial charge in [0.25, 0.3) is 17.7 Å². The summed E-state index contributed by atoms with van der Waals surface area (Å²) in [7, 11) is 2.65. The number of anilines is 1. The van der Waals surface area contributed by atoms with Crippen molar-refractivity contribution in [2.24, 2.45) is 5.92 Å². The molecule has 3 aromatic rings. The maximum Gasteiger partial charge on any atom is 0.406 e. The van der Waals surface area contributed by atoms with Gasteiger partial charge in [0.05, 0.1) is 61.5 Å². The summed E-state index contributed by atoms with van der Waals surface area (Å²) in [5, 5.41) is 7.66. The first-order valence-electron chi connectivity index (χ1n) is 15.1. The number of carbonyl (C=O) groups excluding carboxylic acids is 2. The van der Waals surface area contributed by atoms with Gasteiger partial charge in [-0.3, -0.25) is 14.5 Å². The van der Waals surface area contributed by atoms with Gasteiger partial charge in [0, 0.05) is 37.9 Å². The highest BCUT2D eigenvalue weighted by molar-refractivity contribution is 6.05. The standard InChI is InChI=1S/C32H34F6N6O4/c1-18-13-43(20-6-8-48-14-20)15-31(34,35)28(18)42-30(46)22-9-19(10-25-27(22)41-17-44(25)16-32(36,37)38)5-4-7-40-24-11-21(29(45)39-2)23(33)12-26(24)47-3/h9-12,17-18,20,28,40H,6-8,13-16H2,1-3H3,(H,39,45)(H,42,46). The predicted octanol–water partition coefficient (Wildman–Crippen LogP) is 4.04. The molecule has 2 aliphatic rings. The van der Waals surface area contributed by atoms with E-state index in [1.54, 1.807) is 11.8 Å². The van der Waals surface area contributed by atoms with Crippen LogP contribution in [-0.4, -0.2) is 97.5 Å². The van der Waals surface area contributed by atoms with E-state index in [1.165, 1.54) is 32.4 Å². The van der Waals surface area contributed by atoms with E-state index in [0.717, 1.165) is 17.0 Å². The van der Waals surface area contributed by atoms with Gasteiger partial charge in [-0.05, 0) is 30.5 Å². The molecule has 2 fully saturated rings. The molecule has 2 aromatic carbocycles. The summed E-state index contributed by atoms with van der Waals surface area (Å²) in [6, 6.07) is 3.18. The van der Waals surface area contributed by atoms with E-state index >= 15 is 8.78 Å². The monoisotopic (exact) mass is 680 g/mol. The summed E-state index contributed by atoms with van der Waals surface area (Å²) >= 11 is 0. The molecule has 3 unspecified atom stereocenters. The highest BCUT2D eigenvalue weighted by Gasteiger charge is 2.50. The number of aromatic nitrogens is 2. The summed E-state index contributed by atoms with van der Waals surface area (Å²) < 4.78 is 96.7. The second-order valence-electron chi connectivity index (χ2n) is 11.8. The number of methoxy groups -OCH3 is 1. The second-order valence-corrected chi connectivity index (χ2v) is 11.8. The van der Waals surface area contributed by atoms with Crippen LogP contribution in [0, 0.1) is 23.6 Å². The number of fused-ring (bicyclic) bond motifs is 1. The number of amides is 2. The summed E-state index contributed by atoms with van der Waals surface area (Å²) in [4.78, 5) is 31.3. The lowest BCUT2D eigenvalue weighted by molar-refractivity contribution is -0.140. The summed E-state index contributed by atoms with van der Waals surface area (Å²) in [6.45, 7) is 0.685. The molecule has 3 N–H and O–H groups in total. The number of ether oxygens (including phenoxy) is 2. The number of halogens is 6. The number of nitrogens with zero attached hydrogens (tertiary/aromatic N) is 3. The van der Waals surface area contributed by atoms with Crippen LogP contribution in [0.2, 0.25) is 0 Å². The maximum absolute atomic E-state index is 15.5. The van der Waals surface area contributed by atoms with Gasteiger partial charge < -0.3 is 30.0 Å². The average molecular weight is 681 g/mol. The number of benzene rings is 2. The van der Waals surface area contributed by atoms with Crippen molar-refractivity contribution >= 4 is 28.5 Å². The van der Waals surface area contributed by atoms with E-state index < -0.39 is 54.8 Å². The molecule has 0 aliphatic carbocycles. The molecule has 258 valence electrons. The third-order valence-electron chi connectivity index (χ3n) is 8.35. The van der Waals surface area contributed by atoms with Gasteiger partial charge in [0.2, 0.25) is 0 Å². The topological polar surface area (TPSA) is 110 Å². The SMILES string of the molecule is CNC(=O)c1cc(NCC#Cc2cc(C(=O)NC3C(C)CN(C4CCOC4)CC3(F)F)c3ncn(CC(F)(F)F)c3c2)c(OC)cc1F. The number of piperidine rings is 1. The van der Waals surface area contributed by atoms with Crippen LogP contribution in [0.5, 0.6) is 5.75 Å². The van der Waals surface area contributed by atoms with Crippen molar-refractivity contribution < 1.29 is 45.4 Å². The Morgan fingerprint density at radius 1 is 1.17 bits per heavy atom. The van der Waals surface area contributed by atoms with E-state index in [4.69, 9.17) is 9.47 Å². The minimum absolute atomic E-state index is 0.0662. The van der Waals surface area contributed by atoms with Crippen LogP contribution in [0.1, 0.15) is 39.6 Å². The molecule has 0 bridgehead atoms. The first kappa shape index (κ1) is 34.8. The quantitative estimate of drug-likeness (QED) is 0.244. The van der Waals surface area contributed by atoms with Crippen LogP contribution in [-0.2, 0) is 11.3 Å². The van der Waals surface area contributed by atoms with Crippen molar-refractivity contribution in [3.63, 3.8) is 0 Å². The van der Waals surface area contributed by atoms with E-state index in [2.05, 4.69) is 32.8 Å². The van der Waals surface area contributed by atoms with Crippen molar-refractivity contribution in [3.05, 3.63) is 53.1 Å². The lowest BCUT2D eigenvalue weighted by atomic mass is 9.89. The van der Waals surface area contributed by atoms with E-state index in [1.807, 2.05) is 0 Å². The lowest BCUT2D eigenvalue weighted by Crippen LogP contribution is -2.64. The van der Waals surface area contributed by atoms with Crippen LogP contribution in [0.4, 0.5) is 32.0 Å². The molecule has 0 spiro atoms. The van der Waals surface area contributed by atoms with Gasteiger partial charge in [0.15, 0.2) is 0 Å². The van der Waals surface area contributed by atoms with Crippen molar-refractivity contribution in [1.29, 1.82) is 0 Å². The molecule has 2 aliphatic heterocycles. The Balaban J connectivity index is 1.42. The molecule has 2 saturated heterocycles. The molecular formula is C32H34F6N6O4. The van der Waals surface area contributed by atoms with Crippen molar-refractivity contribution in [1.82, 2.24) is 25.1 Å². The van der Waals surface area contributed by atoms with Gasteiger partial charge in [-0.2, -0.15) is 13.2 Å². The molecule has 48 heavy (non-hydrogen) atoms. The number of imidazole rings is 1. The molecule has 3 heterocycles. The van der Waals surface area contributed by atoms with Crippen LogP contribution in [0.3, 0.4) is 0 Å². The number of hydrogen-bond donors (Lipinski definition) is 3. The van der Waals surface area contributed by atoms with Gasteiger partial charge >= 0.3 is 6.18 Å². The predicted molar refractivity (Wildman–Crippen MR) is 164 cm³/mol. The average Bonchev–Trinajstić information content (AvgIpc) is 3.70. The van der Waals surface area contributed by atoms with Crippen LogP contribution < -0.4 is 20.7 Å². The first-order valence-corrected chi connectivity index (χ1v) is 15.1. The molecule has 5 rings (SSSR count). The zero-order chi connectivity index (χ0) is 34.8. The first-order chi connectivity index (χ1) is 22.7. The third-order valence-corrected chi connectivity index (χ3v) is 8.35. The Kier molecular flexibility index (Phi) is 10.1. The Morgan fingerprint density at radius 2 is 1.94 bits per heavy atom. The van der Waals surface area contributed by atoms with E-state index in [0.29, 0.717) is 26.2 Å². The summed E-state index contributed by atoms with van der Waals surface area (Å²) in [5.74, 6) is -0.720. The zero-order valence-electron chi connectivity index (χ0n) is 26.3. The number of alkyl halides is 5. The Morgan fingerprint density at radius 3 is 2.58 bits per heavy atom. The fraction of sp³-hybridized carbons (Fsp3) is 0.469. The largest absolute Gasteiger partial charge is 0.494 e. The molecule has 0 saturated carbocycles. The van der Waals surface area contributed by atoms with Gasteiger partial charge in [-0.1, -0.05) is 18.8 Å². The second kappa shape index (κ2) is 13.9. The number of likely N-dealkylation sites (tertiary alicyclic amines) is 1. The summed E-state index contributed by atoms with van der Waals surface area (Å²) in [6.07, 6.45) is -3.05. The highest BCUT2D eigenvalue weighted by Crippen LogP contribution is 2.34. The highest BCUT2D eigenvalue weighted by atomic mass is 19.4. The van der Waals surface area contributed by atoms with Crippen molar-refractivity contribution in [3.8, 4) is 17.6 Å². The molecule has 2 amide bonds. The fourth-order valence-electron chi connectivity index (χ4n) is 6.06. The maximum atomic E-state index is 15.5. The summed E-state index contributed by atoms with van der Waals surface area (Å²) in [5.41, 5.74) is -0.265. The molecule has 0 radical (unpaired) electrons. The lowest BCUT2D eigenvalue weighted by Gasteiger charge is -2.44. The minimum atomic E-state index is -4.61. The normalized spacial score (nSPS) is 21.0. The fourth-order valence-corrected chi connectivity index (χ4v) is 6.06. The molecule has 10 nitrogen and oxygen atoms in total. The van der Waals surface area contributed by atoms with E-state index in [9.17, 15) is 27.2 Å². The Hall–Kier alpha value is -4.49. The van der Waals surface area contributed by atoms with Crippen molar-refractivity contribution in [2.45, 2.75) is 44.1 Å². The van der Waals surface area contributed by atoms with Crippen LogP contribution in [0.15, 0.2) is 30.6 Å². The van der Waals surface area contributed by atoms with Gasteiger partial charge in [0.1, 0.15) is 23.6 Å². The molecule has 1 aromatic heterocycles. The van der Waals surface area contributed by atoms with Crippen molar-refractivity contribution in [2.75, 3.05) is 52.3 Å². The van der Waals surface area contributed by atoms with E-state index in [-0.39, 0.29) is 51.7 Å². The molecule has 16 heteroatoms. The number of nitrogens with one attached hydrogen (secondary N) is 3. The number of hydrogen-bond acceptors (Lipinski definition) is 7. The molecule has 3 atom stereocenters. The zero-order valence-corrected chi connectivity index (χ0v) is 26.3. The van der Waals surface area contributed by atoms with Gasteiger partial charge in [-0.15, -0.1) is 0 Å². The third kappa shape index (κ3) is 7.63. The number of carbonyl (C=O) groups is 2. The van der Waals surface area contributed by atoms with Gasteiger partial charge in [-0.25, -0.2) is 18.2 Å². The van der Waals surface area contributed by atoms with Crippen LogP contribution in [0.25, 0.3) is 11.0 Å².